The number of thioether (sulfide) groups is 1. The Balaban J connectivity index is 2.07. The number of rotatable bonds is 5. The van der Waals surface area contributed by atoms with Crippen molar-refractivity contribution >= 4 is 21.6 Å². The van der Waals surface area contributed by atoms with Crippen LogP contribution in [0.5, 0.6) is 0 Å². The standard InChI is InChI=1S/C10H9F2N3O2S2/c11-10(12)19(16,17)8-3-1-7(2-4-8)6-18-9-5-13-15-14-9/h1-5,10H,6H2,(H,13,14,15). The lowest BCUT2D eigenvalue weighted by molar-refractivity contribution is 0.234. The molecule has 0 aliphatic rings. The van der Waals surface area contributed by atoms with Crippen molar-refractivity contribution in [3.8, 4) is 0 Å². The SMILES string of the molecule is O=S(=O)(c1ccc(CSc2cn[nH]n2)cc1)C(F)F. The van der Waals surface area contributed by atoms with Gasteiger partial charge in [-0.15, -0.1) is 5.10 Å². The lowest BCUT2D eigenvalue weighted by atomic mass is 10.2. The summed E-state index contributed by atoms with van der Waals surface area (Å²) in [5.74, 6) is -2.86. The predicted octanol–water partition coefficient (Wildman–Crippen LogP) is 2.09. The summed E-state index contributed by atoms with van der Waals surface area (Å²) >= 11 is 1.40. The number of nitrogens with one attached hydrogen (secondary N) is 1. The summed E-state index contributed by atoms with van der Waals surface area (Å²) in [5, 5.41) is 10.6. The summed E-state index contributed by atoms with van der Waals surface area (Å²) in [4.78, 5) is -0.377. The first-order valence-corrected chi connectivity index (χ1v) is 7.63. The zero-order chi connectivity index (χ0) is 13.9. The number of hydrogen-bond donors (Lipinski definition) is 1. The molecule has 0 atom stereocenters. The number of nitrogens with zero attached hydrogens (tertiary/aromatic N) is 2. The molecule has 0 saturated heterocycles. The van der Waals surface area contributed by atoms with Crippen LogP contribution in [0.2, 0.25) is 0 Å². The summed E-state index contributed by atoms with van der Waals surface area (Å²) in [6, 6.07) is 5.37. The number of hydrogen-bond acceptors (Lipinski definition) is 5. The number of sulfone groups is 1. The average molecular weight is 305 g/mol. The molecule has 0 amide bonds. The second-order valence-corrected chi connectivity index (χ2v) is 6.46. The van der Waals surface area contributed by atoms with Crippen LogP contribution in [-0.4, -0.2) is 29.6 Å². The van der Waals surface area contributed by atoms with Gasteiger partial charge in [0, 0.05) is 5.75 Å². The maximum atomic E-state index is 12.3. The molecular formula is C10H9F2N3O2S2. The van der Waals surface area contributed by atoms with E-state index in [-0.39, 0.29) is 4.90 Å². The van der Waals surface area contributed by atoms with E-state index in [0.29, 0.717) is 10.8 Å². The highest BCUT2D eigenvalue weighted by molar-refractivity contribution is 7.98. The van der Waals surface area contributed by atoms with Crippen molar-refractivity contribution < 1.29 is 17.2 Å². The van der Waals surface area contributed by atoms with Crippen LogP contribution in [0.1, 0.15) is 5.56 Å². The third-order valence-electron chi connectivity index (χ3n) is 2.27. The van der Waals surface area contributed by atoms with Crippen LogP contribution in [0, 0.1) is 0 Å². The van der Waals surface area contributed by atoms with E-state index in [4.69, 9.17) is 0 Å². The molecule has 1 N–H and O–H groups in total. The number of H-pyrrole nitrogens is 1. The average Bonchev–Trinajstić information content (AvgIpc) is 2.90. The third kappa shape index (κ3) is 3.29. The molecule has 102 valence electrons. The summed E-state index contributed by atoms with van der Waals surface area (Å²) in [6.45, 7) is 0. The molecule has 0 bridgehead atoms. The summed E-state index contributed by atoms with van der Waals surface area (Å²) in [5.41, 5.74) is 0.807. The number of alkyl halides is 2. The van der Waals surface area contributed by atoms with E-state index < -0.39 is 15.6 Å². The van der Waals surface area contributed by atoms with Crippen molar-refractivity contribution in [1.82, 2.24) is 15.4 Å². The largest absolute Gasteiger partial charge is 0.341 e. The zero-order valence-electron chi connectivity index (χ0n) is 9.45. The van der Waals surface area contributed by atoms with E-state index in [1.54, 1.807) is 6.20 Å². The van der Waals surface area contributed by atoms with Crippen LogP contribution >= 0.6 is 11.8 Å². The summed E-state index contributed by atoms with van der Waals surface area (Å²) in [6.07, 6.45) is 1.56. The smallest absolute Gasteiger partial charge is 0.218 e. The van der Waals surface area contributed by atoms with Crippen molar-refractivity contribution in [2.45, 2.75) is 21.4 Å². The number of aromatic nitrogens is 3. The monoisotopic (exact) mass is 305 g/mol. The van der Waals surface area contributed by atoms with Gasteiger partial charge < -0.3 is 0 Å². The molecule has 0 aliphatic heterocycles. The van der Waals surface area contributed by atoms with Gasteiger partial charge in [0.2, 0.25) is 9.84 Å². The quantitative estimate of drug-likeness (QED) is 0.856. The highest BCUT2D eigenvalue weighted by atomic mass is 32.2. The fraction of sp³-hybridized carbons (Fsp3) is 0.200. The van der Waals surface area contributed by atoms with Gasteiger partial charge in [0.1, 0.15) is 5.03 Å². The first-order valence-electron chi connectivity index (χ1n) is 5.10. The lowest BCUT2D eigenvalue weighted by Gasteiger charge is -2.04. The van der Waals surface area contributed by atoms with Gasteiger partial charge in [0.05, 0.1) is 11.1 Å². The van der Waals surface area contributed by atoms with Crippen LogP contribution in [0.25, 0.3) is 0 Å². The van der Waals surface area contributed by atoms with E-state index >= 15 is 0 Å². The molecule has 0 aliphatic carbocycles. The Morgan fingerprint density at radius 2 is 1.95 bits per heavy atom. The van der Waals surface area contributed by atoms with Gasteiger partial charge in [-0.2, -0.15) is 19.1 Å². The molecule has 0 fully saturated rings. The van der Waals surface area contributed by atoms with Crippen molar-refractivity contribution in [3.05, 3.63) is 36.0 Å². The van der Waals surface area contributed by atoms with Crippen LogP contribution in [0.3, 0.4) is 0 Å². The molecule has 19 heavy (non-hydrogen) atoms. The molecule has 9 heteroatoms. The number of benzene rings is 1. The summed E-state index contributed by atoms with van der Waals surface area (Å²) < 4.78 is 47.1. The molecule has 0 saturated carbocycles. The maximum absolute atomic E-state index is 12.3. The highest BCUT2D eigenvalue weighted by Crippen LogP contribution is 2.22. The van der Waals surface area contributed by atoms with Gasteiger partial charge in [-0.05, 0) is 17.7 Å². The normalized spacial score (nSPS) is 11.9. The van der Waals surface area contributed by atoms with Gasteiger partial charge in [0.15, 0.2) is 0 Å². The van der Waals surface area contributed by atoms with Crippen molar-refractivity contribution in [2.24, 2.45) is 0 Å². The first-order chi connectivity index (χ1) is 9.00. The molecule has 2 rings (SSSR count). The second kappa shape index (κ2) is 5.66. The molecule has 1 aromatic heterocycles. The van der Waals surface area contributed by atoms with Crippen molar-refractivity contribution in [3.63, 3.8) is 0 Å². The lowest BCUT2D eigenvalue weighted by Crippen LogP contribution is -2.11. The van der Waals surface area contributed by atoms with Gasteiger partial charge in [-0.1, -0.05) is 23.9 Å². The topological polar surface area (TPSA) is 75.7 Å². The Bertz CT molecular complexity index is 627. The second-order valence-electron chi connectivity index (χ2n) is 3.55. The van der Waals surface area contributed by atoms with Gasteiger partial charge >= 0.3 is 5.76 Å². The van der Waals surface area contributed by atoms with Gasteiger partial charge in [-0.3, -0.25) is 0 Å². The van der Waals surface area contributed by atoms with Crippen molar-refractivity contribution in [1.29, 1.82) is 0 Å². The minimum atomic E-state index is -4.52. The number of aromatic amines is 1. The highest BCUT2D eigenvalue weighted by Gasteiger charge is 2.26. The zero-order valence-corrected chi connectivity index (χ0v) is 11.1. The van der Waals surface area contributed by atoms with Crippen LogP contribution in [0.4, 0.5) is 8.78 Å². The predicted molar refractivity (Wildman–Crippen MR) is 65.6 cm³/mol. The first kappa shape index (κ1) is 13.9. The third-order valence-corrected chi connectivity index (χ3v) is 4.63. The van der Waals surface area contributed by atoms with Gasteiger partial charge in [-0.25, -0.2) is 8.42 Å². The Labute approximate surface area is 112 Å². The molecular weight excluding hydrogens is 296 g/mol. The molecule has 0 unspecified atom stereocenters. The molecule has 2 aromatic rings. The number of halogens is 2. The van der Waals surface area contributed by atoms with Crippen LogP contribution in [-0.2, 0) is 15.6 Å². The Hall–Kier alpha value is -1.48. The molecule has 1 aromatic carbocycles. The molecule has 1 heterocycles. The fourth-order valence-electron chi connectivity index (χ4n) is 1.30. The molecule has 0 spiro atoms. The van der Waals surface area contributed by atoms with E-state index in [1.165, 1.54) is 36.0 Å². The Kier molecular flexibility index (Phi) is 4.15. The van der Waals surface area contributed by atoms with Gasteiger partial charge in [0.25, 0.3) is 0 Å². The summed E-state index contributed by atoms with van der Waals surface area (Å²) in [7, 11) is -4.52. The maximum Gasteiger partial charge on any atom is 0.341 e. The fourth-order valence-corrected chi connectivity index (χ4v) is 2.76. The Morgan fingerprint density at radius 1 is 1.26 bits per heavy atom. The van der Waals surface area contributed by atoms with E-state index in [2.05, 4.69) is 15.4 Å². The van der Waals surface area contributed by atoms with E-state index in [9.17, 15) is 17.2 Å². The van der Waals surface area contributed by atoms with Crippen molar-refractivity contribution in [2.75, 3.05) is 0 Å². The minimum absolute atomic E-state index is 0.377. The van der Waals surface area contributed by atoms with E-state index in [1.807, 2.05) is 0 Å². The molecule has 0 radical (unpaired) electrons. The molecule has 5 nitrogen and oxygen atoms in total. The van der Waals surface area contributed by atoms with Crippen LogP contribution in [0.15, 0.2) is 40.4 Å². The van der Waals surface area contributed by atoms with E-state index in [0.717, 1.165) is 5.56 Å². The van der Waals surface area contributed by atoms with Crippen LogP contribution < -0.4 is 0 Å². The Morgan fingerprint density at radius 3 is 2.47 bits per heavy atom. The minimum Gasteiger partial charge on any atom is -0.218 e.